The number of aryl methyl sites for hydroxylation is 2. The number of carbonyl (C=O) groups excluding carboxylic acids is 1. The first-order chi connectivity index (χ1) is 13.1. The van der Waals surface area contributed by atoms with E-state index in [2.05, 4.69) is 11.9 Å². The summed E-state index contributed by atoms with van der Waals surface area (Å²) in [4.78, 5) is 15.5. The molecule has 0 atom stereocenters. The number of nitrogens with one attached hydrogen (secondary N) is 1. The van der Waals surface area contributed by atoms with Gasteiger partial charge in [-0.3, -0.25) is 0 Å². The van der Waals surface area contributed by atoms with Crippen LogP contribution in [0.2, 0.25) is 5.02 Å². The summed E-state index contributed by atoms with van der Waals surface area (Å²) < 4.78 is 11.1. The topological polar surface area (TPSA) is 51.3 Å². The molecule has 4 nitrogen and oxygen atoms in total. The third-order valence-corrected chi connectivity index (χ3v) is 4.90. The maximum atomic E-state index is 12.3. The van der Waals surface area contributed by atoms with Crippen molar-refractivity contribution in [2.24, 2.45) is 0 Å². The molecule has 1 heterocycles. The van der Waals surface area contributed by atoms with Gasteiger partial charge in [-0.2, -0.15) is 0 Å². The van der Waals surface area contributed by atoms with E-state index in [-0.39, 0.29) is 5.97 Å². The Labute approximate surface area is 164 Å². The number of esters is 1. The summed E-state index contributed by atoms with van der Waals surface area (Å²) in [5, 5.41) is 1.82. The van der Waals surface area contributed by atoms with Gasteiger partial charge in [-0.1, -0.05) is 36.7 Å². The average Bonchev–Trinajstić information content (AvgIpc) is 3.05. The third-order valence-electron chi connectivity index (χ3n) is 4.53. The Morgan fingerprint density at radius 1 is 1.15 bits per heavy atom. The smallest absolute Gasteiger partial charge is 0.355 e. The second-order valence-corrected chi connectivity index (χ2v) is 6.71. The molecule has 3 rings (SSSR count). The quantitative estimate of drug-likeness (QED) is 0.407. The molecule has 0 aliphatic heterocycles. The summed E-state index contributed by atoms with van der Waals surface area (Å²) in [5.74, 6) is 0.510. The van der Waals surface area contributed by atoms with Crippen molar-refractivity contribution in [3.63, 3.8) is 0 Å². The number of carbonyl (C=O) groups is 1. The van der Waals surface area contributed by atoms with Crippen LogP contribution in [0.4, 0.5) is 0 Å². The van der Waals surface area contributed by atoms with Gasteiger partial charge in [0.05, 0.1) is 13.2 Å². The molecule has 27 heavy (non-hydrogen) atoms. The fourth-order valence-electron chi connectivity index (χ4n) is 3.19. The van der Waals surface area contributed by atoms with Crippen LogP contribution in [0.1, 0.15) is 41.9 Å². The van der Waals surface area contributed by atoms with E-state index in [9.17, 15) is 4.79 Å². The van der Waals surface area contributed by atoms with Crippen molar-refractivity contribution in [1.82, 2.24) is 4.98 Å². The first-order valence-corrected chi connectivity index (χ1v) is 9.69. The highest BCUT2D eigenvalue weighted by Gasteiger charge is 2.18. The maximum absolute atomic E-state index is 12.3. The molecule has 142 valence electrons. The molecule has 0 saturated heterocycles. The van der Waals surface area contributed by atoms with Crippen LogP contribution in [0, 0.1) is 0 Å². The van der Waals surface area contributed by atoms with E-state index in [0.717, 1.165) is 52.1 Å². The SMILES string of the molecule is CCOC(=O)c1[nH]c2ccccc2c1CCCOc1ccc(Cl)c(CC)c1. The zero-order valence-corrected chi connectivity index (χ0v) is 16.4. The number of para-hydroxylation sites is 1. The number of H-pyrrole nitrogens is 1. The number of fused-ring (bicyclic) bond motifs is 1. The van der Waals surface area contributed by atoms with Gasteiger partial charge in [-0.05, 0) is 61.6 Å². The fraction of sp³-hybridized carbons (Fsp3) is 0.318. The van der Waals surface area contributed by atoms with E-state index in [1.165, 1.54) is 0 Å². The lowest BCUT2D eigenvalue weighted by Gasteiger charge is -2.09. The summed E-state index contributed by atoms with van der Waals surface area (Å²) in [6.07, 6.45) is 2.39. The lowest BCUT2D eigenvalue weighted by Crippen LogP contribution is -2.09. The first kappa shape index (κ1) is 19.3. The van der Waals surface area contributed by atoms with Gasteiger partial charge in [0.2, 0.25) is 0 Å². The van der Waals surface area contributed by atoms with Gasteiger partial charge >= 0.3 is 5.97 Å². The van der Waals surface area contributed by atoms with E-state index in [1.54, 1.807) is 0 Å². The molecular weight excluding hydrogens is 362 g/mol. The molecule has 0 aliphatic carbocycles. The highest BCUT2D eigenvalue weighted by Crippen LogP contribution is 2.25. The van der Waals surface area contributed by atoms with Gasteiger partial charge in [0.25, 0.3) is 0 Å². The second-order valence-electron chi connectivity index (χ2n) is 6.30. The summed E-state index contributed by atoms with van der Waals surface area (Å²) >= 11 is 6.15. The lowest BCUT2D eigenvalue weighted by molar-refractivity contribution is 0.0519. The van der Waals surface area contributed by atoms with E-state index in [1.807, 2.05) is 49.4 Å². The minimum Gasteiger partial charge on any atom is -0.494 e. The van der Waals surface area contributed by atoms with E-state index >= 15 is 0 Å². The Morgan fingerprint density at radius 2 is 1.96 bits per heavy atom. The Bertz CT molecular complexity index is 932. The van der Waals surface area contributed by atoms with Crippen LogP contribution in [0.25, 0.3) is 10.9 Å². The predicted molar refractivity (Wildman–Crippen MR) is 109 cm³/mol. The number of hydrogen-bond acceptors (Lipinski definition) is 3. The van der Waals surface area contributed by atoms with Gasteiger partial charge in [0, 0.05) is 15.9 Å². The van der Waals surface area contributed by atoms with Crippen molar-refractivity contribution >= 4 is 28.5 Å². The molecule has 3 aromatic rings. The normalized spacial score (nSPS) is 10.9. The molecule has 0 bridgehead atoms. The number of hydrogen-bond donors (Lipinski definition) is 1. The number of aromatic nitrogens is 1. The van der Waals surface area contributed by atoms with Crippen LogP contribution in [0.3, 0.4) is 0 Å². The molecule has 0 fully saturated rings. The summed E-state index contributed by atoms with van der Waals surface area (Å²) in [6, 6.07) is 13.7. The van der Waals surface area contributed by atoms with Crippen molar-refractivity contribution in [2.75, 3.05) is 13.2 Å². The van der Waals surface area contributed by atoms with Crippen molar-refractivity contribution < 1.29 is 14.3 Å². The molecule has 1 aromatic heterocycles. The molecular formula is C22H24ClNO3. The van der Waals surface area contributed by atoms with Gasteiger partial charge in [0.1, 0.15) is 11.4 Å². The number of ether oxygens (including phenoxy) is 2. The van der Waals surface area contributed by atoms with E-state index < -0.39 is 0 Å². The predicted octanol–water partition coefficient (Wildman–Crippen LogP) is 5.57. The second kappa shape index (κ2) is 8.96. The van der Waals surface area contributed by atoms with Gasteiger partial charge < -0.3 is 14.5 Å². The van der Waals surface area contributed by atoms with E-state index in [4.69, 9.17) is 21.1 Å². The first-order valence-electron chi connectivity index (χ1n) is 9.32. The zero-order valence-electron chi connectivity index (χ0n) is 15.7. The van der Waals surface area contributed by atoms with E-state index in [0.29, 0.717) is 18.9 Å². The van der Waals surface area contributed by atoms with Gasteiger partial charge in [-0.15, -0.1) is 0 Å². The summed E-state index contributed by atoms with van der Waals surface area (Å²) in [6.45, 7) is 4.79. The molecule has 0 amide bonds. The van der Waals surface area contributed by atoms with Gasteiger partial charge in [0.15, 0.2) is 0 Å². The Balaban J connectivity index is 1.69. The summed E-state index contributed by atoms with van der Waals surface area (Å²) in [7, 11) is 0. The zero-order chi connectivity index (χ0) is 19.2. The number of rotatable bonds is 8. The van der Waals surface area contributed by atoms with Crippen LogP contribution >= 0.6 is 11.6 Å². The van der Waals surface area contributed by atoms with Crippen LogP contribution in [-0.2, 0) is 17.6 Å². The Hall–Kier alpha value is -2.46. The average molecular weight is 386 g/mol. The number of halogens is 1. The minimum atomic E-state index is -0.310. The number of benzene rings is 2. The standard InChI is InChI=1S/C22H24ClNO3/c1-3-15-14-16(11-12-19(15)23)27-13-7-9-18-17-8-5-6-10-20(17)24-21(18)22(25)26-4-2/h5-6,8,10-12,14,24H,3-4,7,9,13H2,1-2H3. The molecule has 0 saturated carbocycles. The van der Waals surface area contributed by atoms with Crippen LogP contribution in [0.15, 0.2) is 42.5 Å². The third kappa shape index (κ3) is 4.45. The van der Waals surface area contributed by atoms with Crippen molar-refractivity contribution in [3.05, 3.63) is 64.3 Å². The Morgan fingerprint density at radius 3 is 2.74 bits per heavy atom. The van der Waals surface area contributed by atoms with Crippen LogP contribution in [-0.4, -0.2) is 24.2 Å². The monoisotopic (exact) mass is 385 g/mol. The molecule has 5 heteroatoms. The Kier molecular flexibility index (Phi) is 6.40. The molecule has 1 N–H and O–H groups in total. The molecule has 0 spiro atoms. The van der Waals surface area contributed by atoms with Gasteiger partial charge in [-0.25, -0.2) is 4.79 Å². The molecule has 2 aromatic carbocycles. The summed E-state index contributed by atoms with van der Waals surface area (Å²) in [5.41, 5.74) is 3.55. The van der Waals surface area contributed by atoms with Crippen LogP contribution < -0.4 is 4.74 Å². The maximum Gasteiger partial charge on any atom is 0.355 e. The minimum absolute atomic E-state index is 0.310. The van der Waals surface area contributed by atoms with Crippen molar-refractivity contribution in [2.45, 2.75) is 33.1 Å². The van der Waals surface area contributed by atoms with Crippen LogP contribution in [0.5, 0.6) is 5.75 Å². The lowest BCUT2D eigenvalue weighted by atomic mass is 10.1. The largest absolute Gasteiger partial charge is 0.494 e. The molecule has 0 aliphatic rings. The fourth-order valence-corrected chi connectivity index (χ4v) is 3.44. The molecule has 0 radical (unpaired) electrons. The highest BCUT2D eigenvalue weighted by atomic mass is 35.5. The van der Waals surface area contributed by atoms with Crippen molar-refractivity contribution in [1.29, 1.82) is 0 Å². The highest BCUT2D eigenvalue weighted by molar-refractivity contribution is 6.31. The number of aromatic amines is 1. The van der Waals surface area contributed by atoms with Crippen molar-refractivity contribution in [3.8, 4) is 5.75 Å². The molecule has 0 unspecified atom stereocenters.